The number of rotatable bonds is 11. The van der Waals surface area contributed by atoms with Crippen LogP contribution in [0.4, 0.5) is 0 Å². The summed E-state index contributed by atoms with van der Waals surface area (Å²) in [7, 11) is -0.483. The van der Waals surface area contributed by atoms with Crippen molar-refractivity contribution in [2.45, 2.75) is 65.5 Å². The molecule has 0 amide bonds. The van der Waals surface area contributed by atoms with Gasteiger partial charge in [0.25, 0.3) is 0 Å². The Morgan fingerprint density at radius 3 is 2.39 bits per heavy atom. The monoisotopic (exact) mass is 418 g/mol. The van der Waals surface area contributed by atoms with Gasteiger partial charge >= 0.3 is 7.82 Å². The zero-order valence-electron chi connectivity index (χ0n) is 17.9. The van der Waals surface area contributed by atoms with E-state index >= 15 is 0 Å². The molecule has 1 saturated heterocycles. The van der Waals surface area contributed by atoms with Gasteiger partial charge < -0.3 is 14.2 Å². The number of benzene rings is 1. The molecule has 7 nitrogen and oxygen atoms in total. The lowest BCUT2D eigenvalue weighted by atomic mass is 10.2. The van der Waals surface area contributed by atoms with E-state index in [1.54, 1.807) is 21.0 Å². The van der Waals surface area contributed by atoms with Crippen molar-refractivity contribution in [1.82, 2.24) is 0 Å². The Labute approximate surface area is 169 Å². The Morgan fingerprint density at radius 1 is 1.14 bits per heavy atom. The third-order valence-corrected chi connectivity index (χ3v) is 5.50. The van der Waals surface area contributed by atoms with Gasteiger partial charge in [-0.25, -0.2) is 4.57 Å². The zero-order chi connectivity index (χ0) is 21.0. The topological polar surface area (TPSA) is 72.5 Å². The molecule has 1 heterocycles. The first-order chi connectivity index (χ1) is 13.5. The van der Waals surface area contributed by atoms with Crippen molar-refractivity contribution >= 4 is 7.82 Å². The molecule has 2 rings (SSSR count). The summed E-state index contributed by atoms with van der Waals surface area (Å²) in [6, 6.07) is 7.66. The van der Waals surface area contributed by atoms with Crippen LogP contribution in [0.25, 0.3) is 0 Å². The van der Waals surface area contributed by atoms with Gasteiger partial charge in [-0.1, -0.05) is 26.0 Å². The molecule has 1 aliphatic rings. The molecule has 1 aromatic carbocycles. The highest BCUT2D eigenvalue weighted by Gasteiger charge is 2.28. The Hall–Kier alpha value is -0.950. The van der Waals surface area contributed by atoms with E-state index in [2.05, 4.69) is 0 Å². The minimum Gasteiger partial charge on any atom is -0.497 e. The lowest BCUT2D eigenvalue weighted by molar-refractivity contribution is -0.0614. The summed E-state index contributed by atoms with van der Waals surface area (Å²) < 4.78 is 44.3. The van der Waals surface area contributed by atoms with Crippen LogP contribution in [0.1, 0.15) is 58.8 Å². The van der Waals surface area contributed by atoms with E-state index in [9.17, 15) is 4.57 Å². The normalized spacial score (nSPS) is 21.1. The van der Waals surface area contributed by atoms with Gasteiger partial charge in [0, 0.05) is 12.7 Å². The Kier molecular flexibility index (Phi) is 11.9. The van der Waals surface area contributed by atoms with E-state index in [4.69, 9.17) is 27.8 Å². The van der Waals surface area contributed by atoms with Crippen molar-refractivity contribution in [3.8, 4) is 5.75 Å². The molecule has 0 aromatic heterocycles. The maximum absolute atomic E-state index is 12.1. The molecule has 1 aromatic rings. The first kappa shape index (κ1) is 25.1. The van der Waals surface area contributed by atoms with Gasteiger partial charge in [0.05, 0.1) is 32.5 Å². The molecular weight excluding hydrogens is 383 g/mol. The minimum absolute atomic E-state index is 0.0447. The van der Waals surface area contributed by atoms with Crippen LogP contribution in [-0.2, 0) is 27.6 Å². The number of phosphoric acid groups is 1. The molecule has 3 atom stereocenters. The second-order valence-electron chi connectivity index (χ2n) is 6.31. The second kappa shape index (κ2) is 13.3. The van der Waals surface area contributed by atoms with Crippen molar-refractivity contribution in [2.75, 3.05) is 27.4 Å². The predicted molar refractivity (Wildman–Crippen MR) is 109 cm³/mol. The van der Waals surface area contributed by atoms with E-state index in [-0.39, 0.29) is 18.5 Å². The Balaban J connectivity index is 0.00000190. The quantitative estimate of drug-likeness (QED) is 0.347. The van der Waals surface area contributed by atoms with E-state index in [1.807, 2.05) is 38.1 Å². The van der Waals surface area contributed by atoms with Gasteiger partial charge in [-0.15, -0.1) is 0 Å². The van der Waals surface area contributed by atoms with Gasteiger partial charge in [0.1, 0.15) is 5.75 Å². The molecule has 0 N–H and O–H groups in total. The number of methoxy groups -OCH3 is 1. The predicted octanol–water partition coefficient (Wildman–Crippen LogP) is 5.50. The van der Waals surface area contributed by atoms with Crippen LogP contribution in [0.5, 0.6) is 5.75 Å². The van der Waals surface area contributed by atoms with Crippen molar-refractivity contribution in [2.24, 2.45) is 0 Å². The van der Waals surface area contributed by atoms with Crippen LogP contribution < -0.4 is 4.74 Å². The Bertz CT molecular complexity index is 576. The highest BCUT2D eigenvalue weighted by atomic mass is 31.2. The van der Waals surface area contributed by atoms with Crippen LogP contribution in [0.2, 0.25) is 0 Å². The molecule has 0 spiro atoms. The molecule has 0 aliphatic carbocycles. The average molecular weight is 418 g/mol. The molecule has 1 aliphatic heterocycles. The van der Waals surface area contributed by atoms with E-state index in [0.717, 1.165) is 30.6 Å². The van der Waals surface area contributed by atoms with Crippen molar-refractivity contribution in [1.29, 1.82) is 0 Å². The Morgan fingerprint density at radius 2 is 1.82 bits per heavy atom. The maximum atomic E-state index is 12.1. The first-order valence-corrected chi connectivity index (χ1v) is 11.3. The number of unbranched alkanes of at least 4 members (excludes halogenated alkanes) is 1. The maximum Gasteiger partial charge on any atom is 0.474 e. The molecule has 162 valence electrons. The summed E-state index contributed by atoms with van der Waals surface area (Å²) in [6.07, 6.45) is 1.94. The summed E-state index contributed by atoms with van der Waals surface area (Å²) in [6.45, 7) is 8.44. The van der Waals surface area contributed by atoms with Crippen LogP contribution in [-0.4, -0.2) is 39.6 Å². The molecule has 3 unspecified atom stereocenters. The standard InChI is InChI=1S/C18H29O7P.C2H6/c1-14(2)25-26(19,21-4)23-12-6-5-7-17-13-22-18(24-17)15-8-10-16(20-3)11-9-15;1-2/h8-11,14,17-18H,5-7,12-13H2,1-4H3;1-2H3. The van der Waals surface area contributed by atoms with Crippen LogP contribution in [0.3, 0.4) is 0 Å². The molecule has 0 radical (unpaired) electrons. The summed E-state index contributed by atoms with van der Waals surface area (Å²) in [4.78, 5) is 0. The average Bonchev–Trinajstić information content (AvgIpc) is 3.18. The fraction of sp³-hybridized carbons (Fsp3) is 0.700. The van der Waals surface area contributed by atoms with Crippen LogP contribution in [0, 0.1) is 0 Å². The van der Waals surface area contributed by atoms with Crippen molar-refractivity contribution in [3.05, 3.63) is 29.8 Å². The first-order valence-electron chi connectivity index (χ1n) is 9.85. The van der Waals surface area contributed by atoms with Gasteiger partial charge in [-0.2, -0.15) is 0 Å². The third-order valence-electron chi connectivity index (χ3n) is 3.87. The summed E-state index contributed by atoms with van der Waals surface area (Å²) in [5, 5.41) is 0. The number of ether oxygens (including phenoxy) is 3. The smallest absolute Gasteiger partial charge is 0.474 e. The molecule has 0 saturated carbocycles. The van der Waals surface area contributed by atoms with E-state index in [0.29, 0.717) is 13.2 Å². The SMILES string of the molecule is CC.COc1ccc(C2OCC(CCCCOP(=O)(OC)OC(C)C)O2)cc1. The van der Waals surface area contributed by atoms with Crippen LogP contribution in [0.15, 0.2) is 24.3 Å². The summed E-state index contributed by atoms with van der Waals surface area (Å²) in [5.41, 5.74) is 0.975. The second-order valence-corrected chi connectivity index (χ2v) is 8.04. The van der Waals surface area contributed by atoms with Gasteiger partial charge in [-0.05, 0) is 45.2 Å². The zero-order valence-corrected chi connectivity index (χ0v) is 18.8. The fourth-order valence-electron chi connectivity index (χ4n) is 2.57. The van der Waals surface area contributed by atoms with Gasteiger partial charge in [0.2, 0.25) is 0 Å². The largest absolute Gasteiger partial charge is 0.497 e. The number of hydrogen-bond acceptors (Lipinski definition) is 7. The van der Waals surface area contributed by atoms with Crippen molar-refractivity contribution in [3.63, 3.8) is 0 Å². The third kappa shape index (κ3) is 8.60. The van der Waals surface area contributed by atoms with E-state index in [1.165, 1.54) is 7.11 Å². The van der Waals surface area contributed by atoms with Gasteiger partial charge in [0.15, 0.2) is 6.29 Å². The molecule has 0 bridgehead atoms. The summed E-state index contributed by atoms with van der Waals surface area (Å²) >= 11 is 0. The van der Waals surface area contributed by atoms with Gasteiger partial charge in [-0.3, -0.25) is 13.6 Å². The van der Waals surface area contributed by atoms with Crippen molar-refractivity contribution < 1.29 is 32.3 Å². The molecule has 8 heteroatoms. The fourth-order valence-corrected chi connectivity index (χ4v) is 3.69. The molecule has 28 heavy (non-hydrogen) atoms. The highest BCUT2D eigenvalue weighted by Crippen LogP contribution is 2.49. The number of hydrogen-bond donors (Lipinski definition) is 0. The lowest BCUT2D eigenvalue weighted by Gasteiger charge is -2.18. The van der Waals surface area contributed by atoms with E-state index < -0.39 is 7.82 Å². The lowest BCUT2D eigenvalue weighted by Crippen LogP contribution is -2.10. The molecular formula is C20H35O7P. The molecule has 1 fully saturated rings. The summed E-state index contributed by atoms with van der Waals surface area (Å²) in [5.74, 6) is 0.804. The highest BCUT2D eigenvalue weighted by molar-refractivity contribution is 7.48. The number of phosphoric ester groups is 1. The van der Waals surface area contributed by atoms with Crippen LogP contribution >= 0.6 is 7.82 Å². The minimum atomic E-state index is -3.44.